The van der Waals surface area contributed by atoms with E-state index < -0.39 is 0 Å². The summed E-state index contributed by atoms with van der Waals surface area (Å²) < 4.78 is 0. The van der Waals surface area contributed by atoms with Gasteiger partial charge in [0.05, 0.1) is 4.88 Å². The number of hydrazine groups is 1. The molecule has 0 saturated carbocycles. The van der Waals surface area contributed by atoms with E-state index in [1.165, 1.54) is 16.9 Å². The summed E-state index contributed by atoms with van der Waals surface area (Å²) in [5.41, 5.74) is 6.31. The van der Waals surface area contributed by atoms with Crippen LogP contribution in [0.1, 0.15) is 45.8 Å². The monoisotopic (exact) mass is 290 g/mol. The first-order valence-corrected chi connectivity index (χ1v) is 7.91. The Morgan fingerprint density at radius 2 is 2.20 bits per heavy atom. The Kier molecular flexibility index (Phi) is 3.87. The zero-order chi connectivity index (χ0) is 13.9. The highest BCUT2D eigenvalue weighted by Gasteiger charge is 2.19. The number of hydrogen-bond donors (Lipinski definition) is 2. The Bertz CT molecular complexity index is 541. The van der Waals surface area contributed by atoms with Crippen LogP contribution in [0, 0.1) is 5.92 Å². The van der Waals surface area contributed by atoms with Gasteiger partial charge >= 0.3 is 0 Å². The van der Waals surface area contributed by atoms with Crippen molar-refractivity contribution < 1.29 is 9.59 Å². The van der Waals surface area contributed by atoms with Gasteiger partial charge in [-0.3, -0.25) is 20.4 Å². The highest BCUT2D eigenvalue weighted by atomic mass is 32.1. The topological polar surface area (TPSA) is 58.2 Å². The predicted molar refractivity (Wildman–Crippen MR) is 78.4 cm³/mol. The van der Waals surface area contributed by atoms with E-state index >= 15 is 0 Å². The van der Waals surface area contributed by atoms with E-state index in [0.717, 1.165) is 25.7 Å². The highest BCUT2D eigenvalue weighted by molar-refractivity contribution is 7.14. The molecule has 3 rings (SSSR count). The molecule has 0 radical (unpaired) electrons. The second-order valence-electron chi connectivity index (χ2n) is 5.38. The lowest BCUT2D eigenvalue weighted by atomic mass is 10.1. The standard InChI is InChI=1S/C15H18N2O2S/c18-14(8-10-4-1-2-5-10)16-17-15(19)13-9-11-6-3-7-12(11)20-13/h1,4,9-10H,2-3,5-8H2,(H,16,18)(H,17,19). The van der Waals surface area contributed by atoms with Gasteiger partial charge in [0.15, 0.2) is 0 Å². The van der Waals surface area contributed by atoms with Crippen LogP contribution in [0.15, 0.2) is 18.2 Å². The fraction of sp³-hybridized carbons (Fsp3) is 0.467. The fourth-order valence-corrected chi connectivity index (χ4v) is 3.93. The first-order chi connectivity index (χ1) is 9.72. The van der Waals surface area contributed by atoms with Crippen LogP contribution in [-0.4, -0.2) is 11.8 Å². The lowest BCUT2D eigenvalue weighted by Crippen LogP contribution is -2.41. The van der Waals surface area contributed by atoms with Crippen LogP contribution in [0.3, 0.4) is 0 Å². The molecule has 4 nitrogen and oxygen atoms in total. The van der Waals surface area contributed by atoms with E-state index in [2.05, 4.69) is 23.0 Å². The van der Waals surface area contributed by atoms with Crippen LogP contribution in [0.5, 0.6) is 0 Å². The van der Waals surface area contributed by atoms with Gasteiger partial charge in [-0.25, -0.2) is 0 Å². The zero-order valence-corrected chi connectivity index (χ0v) is 12.1. The van der Waals surface area contributed by atoms with Gasteiger partial charge in [0, 0.05) is 11.3 Å². The molecule has 0 spiro atoms. The fourth-order valence-electron chi connectivity index (χ4n) is 2.78. The normalized spacial score (nSPS) is 19.9. The molecule has 106 valence electrons. The van der Waals surface area contributed by atoms with Crippen LogP contribution < -0.4 is 10.9 Å². The number of rotatable bonds is 3. The quantitative estimate of drug-likeness (QED) is 0.663. The van der Waals surface area contributed by atoms with Crippen molar-refractivity contribution in [2.24, 2.45) is 5.92 Å². The van der Waals surface area contributed by atoms with E-state index in [1.807, 2.05) is 6.07 Å². The van der Waals surface area contributed by atoms with Crippen LogP contribution in [-0.2, 0) is 17.6 Å². The van der Waals surface area contributed by atoms with Gasteiger partial charge in [-0.05, 0) is 49.7 Å². The van der Waals surface area contributed by atoms with Crippen molar-refractivity contribution >= 4 is 23.2 Å². The Hall–Kier alpha value is -1.62. The van der Waals surface area contributed by atoms with Crippen molar-refractivity contribution in [1.29, 1.82) is 0 Å². The summed E-state index contributed by atoms with van der Waals surface area (Å²) in [5, 5.41) is 0. The summed E-state index contributed by atoms with van der Waals surface area (Å²) in [5.74, 6) is -0.0175. The SMILES string of the molecule is O=C(CC1C=CCC1)NNC(=O)c1cc2c(s1)CCC2. The molecule has 2 N–H and O–H groups in total. The van der Waals surface area contributed by atoms with Gasteiger partial charge in [-0.15, -0.1) is 11.3 Å². The molecule has 1 atom stereocenters. The number of carbonyl (C=O) groups is 2. The number of aryl methyl sites for hydroxylation is 2. The largest absolute Gasteiger partial charge is 0.279 e. The molecule has 5 heteroatoms. The summed E-state index contributed by atoms with van der Waals surface area (Å²) in [6.07, 6.45) is 10.0. The maximum Gasteiger partial charge on any atom is 0.279 e. The Labute approximate surface area is 122 Å². The molecule has 2 aliphatic rings. The number of carbonyl (C=O) groups excluding carboxylic acids is 2. The van der Waals surface area contributed by atoms with Crippen molar-refractivity contribution in [2.45, 2.75) is 38.5 Å². The zero-order valence-electron chi connectivity index (χ0n) is 11.3. The average molecular weight is 290 g/mol. The molecule has 1 unspecified atom stereocenters. The third-order valence-corrected chi connectivity index (χ3v) is 5.08. The first kappa shape index (κ1) is 13.4. The molecule has 0 fully saturated rings. The molecule has 2 aliphatic carbocycles. The summed E-state index contributed by atoms with van der Waals surface area (Å²) >= 11 is 1.54. The van der Waals surface area contributed by atoms with E-state index in [0.29, 0.717) is 17.2 Å². The minimum Gasteiger partial charge on any atom is -0.273 e. The van der Waals surface area contributed by atoms with Crippen LogP contribution >= 0.6 is 11.3 Å². The van der Waals surface area contributed by atoms with Crippen LogP contribution in [0.2, 0.25) is 0 Å². The van der Waals surface area contributed by atoms with Crippen molar-refractivity contribution in [2.75, 3.05) is 0 Å². The summed E-state index contributed by atoms with van der Waals surface area (Å²) in [7, 11) is 0. The molecule has 1 aromatic rings. The molecular formula is C15H18N2O2S. The average Bonchev–Trinajstić information content (AvgIpc) is 3.11. The summed E-state index contributed by atoms with van der Waals surface area (Å²) in [6, 6.07) is 1.95. The van der Waals surface area contributed by atoms with Gasteiger partial charge in [0.25, 0.3) is 5.91 Å². The van der Waals surface area contributed by atoms with Gasteiger partial charge in [-0.2, -0.15) is 0 Å². The molecule has 0 saturated heterocycles. The smallest absolute Gasteiger partial charge is 0.273 e. The molecular weight excluding hydrogens is 272 g/mol. The van der Waals surface area contributed by atoms with E-state index in [4.69, 9.17) is 0 Å². The van der Waals surface area contributed by atoms with Crippen molar-refractivity contribution in [3.05, 3.63) is 33.5 Å². The third kappa shape index (κ3) is 2.93. The Morgan fingerprint density at radius 1 is 1.30 bits per heavy atom. The number of hydrogen-bond acceptors (Lipinski definition) is 3. The number of nitrogens with one attached hydrogen (secondary N) is 2. The van der Waals surface area contributed by atoms with Crippen LogP contribution in [0.25, 0.3) is 0 Å². The van der Waals surface area contributed by atoms with Crippen molar-refractivity contribution in [3.8, 4) is 0 Å². The second kappa shape index (κ2) is 5.79. The molecule has 0 aromatic carbocycles. The molecule has 20 heavy (non-hydrogen) atoms. The molecule has 1 aromatic heterocycles. The minimum atomic E-state index is -0.209. The maximum absolute atomic E-state index is 12.0. The Balaban J connectivity index is 1.48. The lowest BCUT2D eigenvalue weighted by Gasteiger charge is -2.09. The third-order valence-electron chi connectivity index (χ3n) is 3.85. The number of amides is 2. The van der Waals surface area contributed by atoms with Gasteiger partial charge in [0.2, 0.25) is 5.91 Å². The molecule has 1 heterocycles. The molecule has 2 amide bonds. The number of fused-ring (bicyclic) bond motifs is 1. The minimum absolute atomic E-state index is 0.126. The molecule has 0 bridgehead atoms. The van der Waals surface area contributed by atoms with E-state index in [1.54, 1.807) is 11.3 Å². The Morgan fingerprint density at radius 3 is 2.95 bits per heavy atom. The van der Waals surface area contributed by atoms with Gasteiger partial charge < -0.3 is 0 Å². The van der Waals surface area contributed by atoms with Crippen molar-refractivity contribution in [1.82, 2.24) is 10.9 Å². The second-order valence-corrected chi connectivity index (χ2v) is 6.52. The van der Waals surface area contributed by atoms with Crippen molar-refractivity contribution in [3.63, 3.8) is 0 Å². The van der Waals surface area contributed by atoms with Gasteiger partial charge in [-0.1, -0.05) is 12.2 Å². The lowest BCUT2D eigenvalue weighted by molar-refractivity contribution is -0.122. The van der Waals surface area contributed by atoms with Gasteiger partial charge in [0.1, 0.15) is 0 Å². The highest BCUT2D eigenvalue weighted by Crippen LogP contribution is 2.30. The van der Waals surface area contributed by atoms with Crippen LogP contribution in [0.4, 0.5) is 0 Å². The maximum atomic E-state index is 12.0. The number of allylic oxidation sites excluding steroid dienone is 2. The predicted octanol–water partition coefficient (Wildman–Crippen LogP) is 2.35. The van der Waals surface area contributed by atoms with E-state index in [9.17, 15) is 9.59 Å². The summed E-state index contributed by atoms with van der Waals surface area (Å²) in [6.45, 7) is 0. The first-order valence-electron chi connectivity index (χ1n) is 7.10. The van der Waals surface area contributed by atoms with E-state index in [-0.39, 0.29) is 11.8 Å². The molecule has 0 aliphatic heterocycles. The number of thiophene rings is 1. The summed E-state index contributed by atoms with van der Waals surface area (Å²) in [4.78, 5) is 25.7.